The zero-order valence-corrected chi connectivity index (χ0v) is 15.9. The van der Waals surface area contributed by atoms with Crippen molar-refractivity contribution >= 4 is 24.6 Å². The summed E-state index contributed by atoms with van der Waals surface area (Å²) in [6, 6.07) is 0.0648. The van der Waals surface area contributed by atoms with Crippen LogP contribution in [0.5, 0.6) is 6.01 Å². The van der Waals surface area contributed by atoms with Crippen molar-refractivity contribution in [3.63, 3.8) is 0 Å². The minimum absolute atomic E-state index is 0.0648. The molecule has 0 radical (unpaired) electrons. The third kappa shape index (κ3) is 4.49. The zero-order chi connectivity index (χ0) is 19.6. The van der Waals surface area contributed by atoms with E-state index in [1.54, 1.807) is 7.11 Å². The Morgan fingerprint density at radius 2 is 1.96 bits per heavy atom. The Labute approximate surface area is 155 Å². The van der Waals surface area contributed by atoms with Crippen LogP contribution in [0, 0.1) is 5.92 Å². The Balaban J connectivity index is 1.79. The summed E-state index contributed by atoms with van der Waals surface area (Å²) in [4.78, 5) is 42.0. The lowest BCUT2D eigenvalue weighted by molar-refractivity contribution is 0.141. The summed E-state index contributed by atoms with van der Waals surface area (Å²) in [7, 11) is -2.50. The molecule has 0 amide bonds. The summed E-state index contributed by atoms with van der Waals surface area (Å²) in [5.41, 5.74) is 5.68. The number of ether oxygens (including phenoxy) is 2. The van der Waals surface area contributed by atoms with E-state index in [-0.39, 0.29) is 30.0 Å². The maximum atomic E-state index is 12.4. The average molecular weight is 401 g/mol. The van der Waals surface area contributed by atoms with E-state index in [9.17, 15) is 19.1 Å². The van der Waals surface area contributed by atoms with Crippen molar-refractivity contribution in [3.05, 3.63) is 10.5 Å². The number of nitrogens with zero attached hydrogens (tertiary/aromatic N) is 3. The first-order valence-corrected chi connectivity index (χ1v) is 10.4. The van der Waals surface area contributed by atoms with E-state index >= 15 is 0 Å². The number of aromatic nitrogens is 4. The van der Waals surface area contributed by atoms with E-state index in [2.05, 4.69) is 15.0 Å². The van der Waals surface area contributed by atoms with E-state index in [1.807, 2.05) is 0 Å². The van der Waals surface area contributed by atoms with Crippen LogP contribution in [-0.2, 0) is 15.8 Å². The second-order valence-corrected chi connectivity index (χ2v) is 8.64. The van der Waals surface area contributed by atoms with Gasteiger partial charge in [0.2, 0.25) is 0 Å². The minimum atomic E-state index is -4.05. The first-order valence-electron chi connectivity index (χ1n) is 8.72. The third-order valence-electron chi connectivity index (χ3n) is 4.88. The molecular formula is C15H24N5O6P. The topological polar surface area (TPSA) is 166 Å². The molecule has 0 aromatic carbocycles. The molecule has 0 unspecified atom stereocenters. The van der Waals surface area contributed by atoms with Crippen LogP contribution >= 0.6 is 7.60 Å². The van der Waals surface area contributed by atoms with Gasteiger partial charge in [-0.1, -0.05) is 0 Å². The Hall–Kier alpha value is -1.94. The number of hydrogen-bond donors (Lipinski definition) is 4. The van der Waals surface area contributed by atoms with Crippen LogP contribution < -0.4 is 16.2 Å². The van der Waals surface area contributed by atoms with E-state index in [1.165, 1.54) is 4.57 Å². The highest BCUT2D eigenvalue weighted by Gasteiger charge is 2.33. The Bertz CT molecular complexity index is 898. The SMILES string of the molecule is COCCOc1nc(N)c2[nH]c(=O)n(CC3CCC(P(=O)(O)O)CC3)c2n1. The van der Waals surface area contributed by atoms with E-state index in [4.69, 9.17) is 15.2 Å². The van der Waals surface area contributed by atoms with Crippen LogP contribution in [0.3, 0.4) is 0 Å². The fraction of sp³-hybridized carbons (Fsp3) is 0.667. The highest BCUT2D eigenvalue weighted by Crippen LogP contribution is 2.49. The lowest BCUT2D eigenvalue weighted by Crippen LogP contribution is -2.26. The summed E-state index contributed by atoms with van der Waals surface area (Å²) >= 11 is 0. The minimum Gasteiger partial charge on any atom is -0.461 e. The summed E-state index contributed by atoms with van der Waals surface area (Å²) < 4.78 is 23.2. The van der Waals surface area contributed by atoms with Crippen molar-refractivity contribution in [2.45, 2.75) is 37.9 Å². The number of imidazole rings is 1. The largest absolute Gasteiger partial charge is 0.461 e. The normalized spacial score (nSPS) is 20.9. The van der Waals surface area contributed by atoms with Gasteiger partial charge in [0.1, 0.15) is 12.1 Å². The van der Waals surface area contributed by atoms with Crippen molar-refractivity contribution in [2.24, 2.45) is 5.92 Å². The fourth-order valence-electron chi connectivity index (χ4n) is 3.40. The predicted molar refractivity (Wildman–Crippen MR) is 97.7 cm³/mol. The van der Waals surface area contributed by atoms with Crippen LogP contribution in [-0.4, -0.2) is 55.3 Å². The van der Waals surface area contributed by atoms with Gasteiger partial charge in [0.05, 0.1) is 12.3 Å². The van der Waals surface area contributed by atoms with Crippen LogP contribution in [0.15, 0.2) is 4.79 Å². The monoisotopic (exact) mass is 401 g/mol. The number of fused-ring (bicyclic) bond motifs is 1. The van der Waals surface area contributed by atoms with Crippen LogP contribution in [0.25, 0.3) is 11.2 Å². The van der Waals surface area contributed by atoms with E-state index in [0.29, 0.717) is 50.0 Å². The molecule has 27 heavy (non-hydrogen) atoms. The molecule has 1 fully saturated rings. The number of hydrogen-bond acceptors (Lipinski definition) is 7. The lowest BCUT2D eigenvalue weighted by atomic mass is 9.89. The number of nitrogens with two attached hydrogens (primary N) is 1. The van der Waals surface area contributed by atoms with Gasteiger partial charge in [-0.15, -0.1) is 0 Å². The van der Waals surface area contributed by atoms with Gasteiger partial charge in [-0.25, -0.2) is 4.79 Å². The highest BCUT2D eigenvalue weighted by molar-refractivity contribution is 7.52. The van der Waals surface area contributed by atoms with Crippen molar-refractivity contribution in [3.8, 4) is 6.01 Å². The average Bonchev–Trinajstić information content (AvgIpc) is 2.92. The molecule has 0 bridgehead atoms. The van der Waals surface area contributed by atoms with Gasteiger partial charge in [-0.05, 0) is 31.6 Å². The molecule has 12 heteroatoms. The molecule has 0 aliphatic heterocycles. The smallest absolute Gasteiger partial charge is 0.328 e. The van der Waals surface area contributed by atoms with E-state index in [0.717, 1.165) is 0 Å². The molecule has 2 heterocycles. The maximum absolute atomic E-state index is 12.4. The van der Waals surface area contributed by atoms with Gasteiger partial charge >= 0.3 is 19.3 Å². The standard InChI is InChI=1S/C15H24N5O6P/c1-25-6-7-26-14-18-12(16)11-13(19-14)20(15(21)17-11)8-9-2-4-10(5-3-9)27(22,23)24/h9-10H,2-8H2,1H3,(H,17,21)(H2,16,18,19)(H2,22,23,24). The summed E-state index contributed by atoms with van der Waals surface area (Å²) in [5, 5.41) is 0. The molecule has 11 nitrogen and oxygen atoms in total. The number of aromatic amines is 1. The van der Waals surface area contributed by atoms with Crippen molar-refractivity contribution < 1.29 is 23.8 Å². The van der Waals surface area contributed by atoms with Gasteiger partial charge in [-0.2, -0.15) is 9.97 Å². The van der Waals surface area contributed by atoms with Crippen LogP contribution in [0.2, 0.25) is 0 Å². The van der Waals surface area contributed by atoms with Crippen LogP contribution in [0.4, 0.5) is 5.82 Å². The first-order chi connectivity index (χ1) is 12.8. The molecule has 1 aliphatic rings. The van der Waals surface area contributed by atoms with Gasteiger partial charge < -0.3 is 30.0 Å². The molecule has 0 atom stereocenters. The van der Waals surface area contributed by atoms with Gasteiger partial charge in [-0.3, -0.25) is 9.13 Å². The quantitative estimate of drug-likeness (QED) is 0.381. The first kappa shape index (κ1) is 19.8. The fourth-order valence-corrected chi connectivity index (χ4v) is 4.37. The molecule has 1 saturated carbocycles. The zero-order valence-electron chi connectivity index (χ0n) is 15.0. The molecule has 3 rings (SSSR count). The summed E-state index contributed by atoms with van der Waals surface area (Å²) in [6.45, 7) is 1.01. The Morgan fingerprint density at radius 1 is 1.26 bits per heavy atom. The molecular weight excluding hydrogens is 377 g/mol. The van der Waals surface area contributed by atoms with E-state index < -0.39 is 13.3 Å². The number of nitrogens with one attached hydrogen (secondary N) is 1. The molecule has 2 aromatic heterocycles. The molecule has 5 N–H and O–H groups in total. The molecule has 1 aliphatic carbocycles. The number of methoxy groups -OCH3 is 1. The van der Waals surface area contributed by atoms with Crippen molar-refractivity contribution in [1.82, 2.24) is 19.5 Å². The number of H-pyrrole nitrogens is 1. The van der Waals surface area contributed by atoms with Crippen molar-refractivity contribution in [1.29, 1.82) is 0 Å². The maximum Gasteiger partial charge on any atom is 0.328 e. The second-order valence-electron chi connectivity index (χ2n) is 6.74. The number of anilines is 1. The summed E-state index contributed by atoms with van der Waals surface area (Å²) in [5.74, 6) is 0.243. The molecule has 2 aromatic rings. The Morgan fingerprint density at radius 3 is 2.59 bits per heavy atom. The predicted octanol–water partition coefficient (Wildman–Crippen LogP) is 0.463. The van der Waals surface area contributed by atoms with Gasteiger partial charge in [0.25, 0.3) is 0 Å². The highest BCUT2D eigenvalue weighted by atomic mass is 31.2. The molecule has 150 valence electrons. The number of rotatable bonds is 7. The lowest BCUT2D eigenvalue weighted by Gasteiger charge is -2.28. The molecule has 0 spiro atoms. The molecule has 0 saturated heterocycles. The Kier molecular flexibility index (Phi) is 5.85. The second kappa shape index (κ2) is 7.97. The van der Waals surface area contributed by atoms with Crippen LogP contribution in [0.1, 0.15) is 25.7 Å². The number of nitrogen functional groups attached to an aromatic ring is 1. The van der Waals surface area contributed by atoms with Gasteiger partial charge in [0, 0.05) is 13.7 Å². The van der Waals surface area contributed by atoms with Crippen molar-refractivity contribution in [2.75, 3.05) is 26.1 Å². The third-order valence-corrected chi connectivity index (χ3v) is 6.35. The van der Waals surface area contributed by atoms with Gasteiger partial charge in [0.15, 0.2) is 11.5 Å². The summed E-state index contributed by atoms with van der Waals surface area (Å²) in [6.07, 6.45) is 2.14.